The average molecular weight is 398 g/mol. The number of hydrogen-bond acceptors (Lipinski definition) is 6. The van der Waals surface area contributed by atoms with E-state index in [0.717, 1.165) is 12.2 Å². The van der Waals surface area contributed by atoms with Gasteiger partial charge in [0.2, 0.25) is 21.1 Å². The van der Waals surface area contributed by atoms with Crippen molar-refractivity contribution in [3.05, 3.63) is 30.1 Å². The predicted octanol–water partition coefficient (Wildman–Crippen LogP) is 2.17. The van der Waals surface area contributed by atoms with E-state index >= 15 is 0 Å². The molecule has 8 nitrogen and oxygen atoms in total. The van der Waals surface area contributed by atoms with Crippen LogP contribution in [0.1, 0.15) is 33.5 Å². The Morgan fingerprint density at radius 2 is 1.88 bits per heavy atom. The molecule has 142 valence electrons. The van der Waals surface area contributed by atoms with E-state index in [0.29, 0.717) is 10.8 Å². The SMILES string of the molecule is CCc1nc(SC(C)C(=O)Nc2ccc(S(=O)(=O)NC(C)C)cc2)n[nH]1. The highest BCUT2D eigenvalue weighted by Gasteiger charge is 2.18. The highest BCUT2D eigenvalue weighted by Crippen LogP contribution is 2.21. The fourth-order valence-electron chi connectivity index (χ4n) is 2.04. The molecule has 3 N–H and O–H groups in total. The molecule has 0 spiro atoms. The van der Waals surface area contributed by atoms with Gasteiger partial charge in [-0.25, -0.2) is 18.1 Å². The van der Waals surface area contributed by atoms with E-state index in [9.17, 15) is 13.2 Å². The second kappa shape index (κ2) is 8.65. The summed E-state index contributed by atoms with van der Waals surface area (Å²) in [6.07, 6.45) is 0.745. The lowest BCUT2D eigenvalue weighted by atomic mass is 10.3. The molecule has 0 saturated carbocycles. The molecule has 1 aromatic carbocycles. The van der Waals surface area contributed by atoms with Crippen molar-refractivity contribution < 1.29 is 13.2 Å². The Bertz CT molecular complexity index is 847. The first kappa shape index (κ1) is 20.4. The van der Waals surface area contributed by atoms with E-state index in [4.69, 9.17) is 0 Å². The lowest BCUT2D eigenvalue weighted by molar-refractivity contribution is -0.115. The summed E-state index contributed by atoms with van der Waals surface area (Å²) in [5.41, 5.74) is 0.523. The molecule has 0 aliphatic rings. The van der Waals surface area contributed by atoms with Gasteiger partial charge in [-0.1, -0.05) is 18.7 Å². The van der Waals surface area contributed by atoms with Crippen molar-refractivity contribution in [2.24, 2.45) is 0 Å². The molecule has 1 heterocycles. The van der Waals surface area contributed by atoms with Crippen LogP contribution in [0.5, 0.6) is 0 Å². The topological polar surface area (TPSA) is 117 Å². The molecule has 2 rings (SSSR count). The van der Waals surface area contributed by atoms with E-state index in [-0.39, 0.29) is 16.8 Å². The van der Waals surface area contributed by atoms with Crippen LogP contribution >= 0.6 is 11.8 Å². The highest BCUT2D eigenvalue weighted by molar-refractivity contribution is 8.00. The number of carbonyl (C=O) groups is 1. The molecule has 1 atom stereocenters. The summed E-state index contributed by atoms with van der Waals surface area (Å²) in [6.45, 7) is 7.23. The van der Waals surface area contributed by atoms with Crippen molar-refractivity contribution in [3.8, 4) is 0 Å². The molecule has 26 heavy (non-hydrogen) atoms. The largest absolute Gasteiger partial charge is 0.325 e. The van der Waals surface area contributed by atoms with E-state index in [1.165, 1.54) is 23.9 Å². The van der Waals surface area contributed by atoms with Crippen molar-refractivity contribution in [1.29, 1.82) is 0 Å². The quantitative estimate of drug-likeness (QED) is 0.588. The minimum Gasteiger partial charge on any atom is -0.325 e. The van der Waals surface area contributed by atoms with Gasteiger partial charge in [0.25, 0.3) is 0 Å². The lowest BCUT2D eigenvalue weighted by Gasteiger charge is -2.12. The second-order valence-corrected chi connectivity index (χ2v) is 8.99. The first-order valence-electron chi connectivity index (χ1n) is 8.22. The molecular weight excluding hydrogens is 374 g/mol. The molecule has 10 heteroatoms. The lowest BCUT2D eigenvalue weighted by Crippen LogP contribution is -2.30. The summed E-state index contributed by atoms with van der Waals surface area (Å²) in [7, 11) is -3.55. The number of benzene rings is 1. The molecule has 0 aliphatic heterocycles. The third-order valence-corrected chi connectivity index (χ3v) is 5.96. The van der Waals surface area contributed by atoms with Crippen molar-refractivity contribution in [3.63, 3.8) is 0 Å². The summed E-state index contributed by atoms with van der Waals surface area (Å²) in [5, 5.41) is 9.74. The average Bonchev–Trinajstić information content (AvgIpc) is 3.01. The van der Waals surface area contributed by atoms with Crippen LogP contribution in [-0.2, 0) is 21.2 Å². The number of thioether (sulfide) groups is 1. The fraction of sp³-hybridized carbons (Fsp3) is 0.438. The zero-order chi connectivity index (χ0) is 19.3. The molecule has 2 aromatic rings. The minimum absolute atomic E-state index is 0.152. The van der Waals surface area contributed by atoms with Gasteiger partial charge in [0.15, 0.2) is 0 Å². The number of sulfonamides is 1. The molecule has 0 aliphatic carbocycles. The third kappa shape index (κ3) is 5.55. The minimum atomic E-state index is -3.55. The van der Waals surface area contributed by atoms with Gasteiger partial charge in [-0.15, -0.1) is 5.10 Å². The maximum atomic E-state index is 12.3. The molecule has 0 bridgehead atoms. The molecular formula is C16H23N5O3S2. The third-order valence-electron chi connectivity index (χ3n) is 3.32. The summed E-state index contributed by atoms with van der Waals surface area (Å²) >= 11 is 1.25. The Kier molecular flexibility index (Phi) is 6.79. The van der Waals surface area contributed by atoms with Crippen LogP contribution in [0.3, 0.4) is 0 Å². The first-order chi connectivity index (χ1) is 12.2. The number of aromatic amines is 1. The van der Waals surface area contributed by atoms with Gasteiger partial charge < -0.3 is 5.32 Å². The maximum Gasteiger partial charge on any atom is 0.240 e. The van der Waals surface area contributed by atoms with Crippen LogP contribution in [-0.4, -0.2) is 40.8 Å². The maximum absolute atomic E-state index is 12.3. The van der Waals surface area contributed by atoms with Crippen LogP contribution in [0.2, 0.25) is 0 Å². The number of nitrogens with one attached hydrogen (secondary N) is 3. The number of carbonyl (C=O) groups excluding carboxylic acids is 1. The number of anilines is 1. The number of nitrogens with zero attached hydrogens (tertiary/aromatic N) is 2. The normalized spacial score (nSPS) is 13.0. The van der Waals surface area contributed by atoms with Gasteiger partial charge in [-0.2, -0.15) is 0 Å². The van der Waals surface area contributed by atoms with Crippen molar-refractivity contribution in [2.45, 2.75) is 55.5 Å². The summed E-state index contributed by atoms with van der Waals surface area (Å²) < 4.78 is 26.7. The van der Waals surface area contributed by atoms with Gasteiger partial charge in [-0.05, 0) is 45.0 Å². The zero-order valence-electron chi connectivity index (χ0n) is 15.1. The molecule has 0 radical (unpaired) electrons. The second-order valence-electron chi connectivity index (χ2n) is 5.97. The predicted molar refractivity (Wildman–Crippen MR) is 102 cm³/mol. The van der Waals surface area contributed by atoms with Crippen LogP contribution < -0.4 is 10.0 Å². The van der Waals surface area contributed by atoms with E-state index in [1.54, 1.807) is 32.9 Å². The summed E-state index contributed by atoms with van der Waals surface area (Å²) in [5.74, 6) is 0.556. The number of aromatic nitrogens is 3. The van der Waals surface area contributed by atoms with E-state index < -0.39 is 15.3 Å². The van der Waals surface area contributed by atoms with Crippen molar-refractivity contribution in [1.82, 2.24) is 19.9 Å². The van der Waals surface area contributed by atoms with Gasteiger partial charge >= 0.3 is 0 Å². The monoisotopic (exact) mass is 397 g/mol. The first-order valence-corrected chi connectivity index (χ1v) is 10.6. The molecule has 0 fully saturated rings. The smallest absolute Gasteiger partial charge is 0.240 e. The van der Waals surface area contributed by atoms with Gasteiger partial charge in [0, 0.05) is 18.2 Å². The van der Waals surface area contributed by atoms with Gasteiger partial charge in [0.1, 0.15) is 5.82 Å². The standard InChI is InChI=1S/C16H23N5O3S2/c1-5-14-18-16(20-19-14)25-11(4)15(22)17-12-6-8-13(9-7-12)26(23,24)21-10(2)3/h6-11,21H,5H2,1-4H3,(H,17,22)(H,18,19,20). The Labute approximate surface area is 157 Å². The Hall–Kier alpha value is -1.91. The zero-order valence-corrected chi connectivity index (χ0v) is 16.7. The summed E-state index contributed by atoms with van der Waals surface area (Å²) in [4.78, 5) is 16.7. The number of hydrogen-bond donors (Lipinski definition) is 3. The Morgan fingerprint density at radius 3 is 2.42 bits per heavy atom. The molecule has 1 unspecified atom stereocenters. The summed E-state index contributed by atoms with van der Waals surface area (Å²) in [6, 6.07) is 5.85. The molecule has 1 amide bonds. The van der Waals surface area contributed by atoms with Crippen molar-refractivity contribution in [2.75, 3.05) is 5.32 Å². The van der Waals surface area contributed by atoms with Gasteiger partial charge in [0.05, 0.1) is 10.1 Å². The number of rotatable bonds is 8. The Balaban J connectivity index is 1.98. The van der Waals surface area contributed by atoms with Crippen LogP contribution in [0.4, 0.5) is 5.69 Å². The van der Waals surface area contributed by atoms with Gasteiger partial charge in [-0.3, -0.25) is 9.89 Å². The van der Waals surface area contributed by atoms with Crippen LogP contribution in [0.15, 0.2) is 34.3 Å². The number of aryl methyl sites for hydroxylation is 1. The van der Waals surface area contributed by atoms with Crippen LogP contribution in [0.25, 0.3) is 0 Å². The van der Waals surface area contributed by atoms with Crippen LogP contribution in [0, 0.1) is 0 Å². The molecule has 1 aromatic heterocycles. The van der Waals surface area contributed by atoms with E-state index in [1.807, 2.05) is 6.92 Å². The molecule has 0 saturated heterocycles. The number of amides is 1. The van der Waals surface area contributed by atoms with E-state index in [2.05, 4.69) is 25.2 Å². The highest BCUT2D eigenvalue weighted by atomic mass is 32.2. The Morgan fingerprint density at radius 1 is 1.23 bits per heavy atom. The fourth-order valence-corrected chi connectivity index (χ4v) is 4.03. The number of H-pyrrole nitrogens is 1. The van der Waals surface area contributed by atoms with Crippen molar-refractivity contribution >= 4 is 33.4 Å².